The maximum absolute atomic E-state index is 10.0. The van der Waals surface area contributed by atoms with Crippen molar-refractivity contribution in [2.24, 2.45) is 0 Å². The van der Waals surface area contributed by atoms with E-state index in [0.29, 0.717) is 11.4 Å². The van der Waals surface area contributed by atoms with Crippen LogP contribution < -0.4 is 0 Å². The lowest BCUT2D eigenvalue weighted by molar-refractivity contribution is 1.17. The van der Waals surface area contributed by atoms with Gasteiger partial charge in [0.2, 0.25) is 0 Å². The lowest BCUT2D eigenvalue weighted by Crippen LogP contribution is -1.99. The summed E-state index contributed by atoms with van der Waals surface area (Å²) in [6, 6.07) is 61.4. The van der Waals surface area contributed by atoms with Gasteiger partial charge in [-0.05, 0) is 59.3 Å². The number of para-hydroxylation sites is 2. The summed E-state index contributed by atoms with van der Waals surface area (Å²) in [5.41, 5.74) is 9.26. The van der Waals surface area contributed by atoms with Gasteiger partial charge < -0.3 is 14.0 Å². The summed E-state index contributed by atoms with van der Waals surface area (Å²) in [6.07, 6.45) is 0. The standard InChI is InChI=1S/C50H28N6/c1-52-50-43(30-51)53-46(33-18-24-35(25-19-33)55-44-16-8-6-14-39(44)41-28-22-31-10-2-4-12-37(31)48(41)55)47(54-50)34-20-26-36(27-21-34)56-45-17-9-7-15-40(45)42-29-23-32-11-3-5-13-38(32)49(42)56/h2-29H. The van der Waals surface area contributed by atoms with Gasteiger partial charge >= 0.3 is 5.82 Å². The van der Waals surface area contributed by atoms with Crippen molar-refractivity contribution in [3.05, 3.63) is 187 Å². The van der Waals surface area contributed by atoms with Crippen molar-refractivity contribution in [2.45, 2.75) is 0 Å². The molecule has 8 aromatic carbocycles. The van der Waals surface area contributed by atoms with Crippen molar-refractivity contribution in [3.8, 4) is 40.0 Å². The molecule has 56 heavy (non-hydrogen) atoms. The van der Waals surface area contributed by atoms with Crippen LogP contribution in [0.5, 0.6) is 0 Å². The number of nitriles is 1. The Morgan fingerprint density at radius 2 is 0.875 bits per heavy atom. The minimum atomic E-state index is -0.0158. The largest absolute Gasteiger partial charge is 0.358 e. The Morgan fingerprint density at radius 3 is 1.34 bits per heavy atom. The minimum Gasteiger partial charge on any atom is -0.358 e. The SMILES string of the molecule is [C-]#[N+]c1nc(-c2ccc(-n3c4ccccc4c4ccc5ccccc5c43)cc2)c(-c2ccc(-n3c4ccccc4c4ccc5ccccc5c43)cc2)nc1C#N. The van der Waals surface area contributed by atoms with Gasteiger partial charge in [-0.1, -0.05) is 128 Å². The molecule has 0 amide bonds. The van der Waals surface area contributed by atoms with Gasteiger partial charge in [-0.2, -0.15) is 5.26 Å². The van der Waals surface area contributed by atoms with Crippen LogP contribution in [0.25, 0.3) is 104 Å². The van der Waals surface area contributed by atoms with Crippen molar-refractivity contribution in [2.75, 3.05) is 0 Å². The van der Waals surface area contributed by atoms with E-state index in [1.807, 2.05) is 24.3 Å². The molecule has 258 valence electrons. The molecule has 0 unspecified atom stereocenters. The molecule has 0 aliphatic carbocycles. The van der Waals surface area contributed by atoms with E-state index in [9.17, 15) is 5.26 Å². The topological polar surface area (TPSA) is 63.8 Å². The highest BCUT2D eigenvalue weighted by Gasteiger charge is 2.22. The fraction of sp³-hybridized carbons (Fsp3) is 0. The van der Waals surface area contributed by atoms with Gasteiger partial charge in [-0.25, -0.2) is 4.98 Å². The predicted octanol–water partition coefficient (Wildman–Crippen LogP) is 12.7. The number of hydrogen-bond acceptors (Lipinski definition) is 3. The zero-order chi connectivity index (χ0) is 37.3. The van der Waals surface area contributed by atoms with Crippen LogP contribution in [0.3, 0.4) is 0 Å². The van der Waals surface area contributed by atoms with E-state index >= 15 is 0 Å². The molecule has 3 heterocycles. The number of benzene rings is 8. The number of aromatic nitrogens is 4. The molecule has 0 bridgehead atoms. The highest BCUT2D eigenvalue weighted by atomic mass is 15.0. The maximum atomic E-state index is 10.0. The fourth-order valence-electron chi connectivity index (χ4n) is 8.52. The summed E-state index contributed by atoms with van der Waals surface area (Å²) in [5, 5.41) is 19.5. The quantitative estimate of drug-likeness (QED) is 0.171. The molecule has 0 aliphatic rings. The Kier molecular flexibility index (Phi) is 6.88. The molecule has 6 nitrogen and oxygen atoms in total. The van der Waals surface area contributed by atoms with Gasteiger partial charge in [0, 0.05) is 54.8 Å². The first-order valence-corrected chi connectivity index (χ1v) is 18.4. The molecular formula is C50H28N6. The third kappa shape index (κ3) is 4.61. The number of fused-ring (bicyclic) bond motifs is 10. The minimum absolute atomic E-state index is 0.00507. The monoisotopic (exact) mass is 712 g/mol. The summed E-state index contributed by atoms with van der Waals surface area (Å²) in [4.78, 5) is 13.2. The molecule has 0 fully saturated rings. The molecule has 0 radical (unpaired) electrons. The lowest BCUT2D eigenvalue weighted by atomic mass is 10.0. The molecule has 11 aromatic rings. The van der Waals surface area contributed by atoms with Crippen molar-refractivity contribution in [1.29, 1.82) is 5.26 Å². The smallest absolute Gasteiger partial charge is 0.307 e. The highest BCUT2D eigenvalue weighted by molar-refractivity contribution is 6.19. The van der Waals surface area contributed by atoms with Crippen LogP contribution in [0.15, 0.2) is 170 Å². The van der Waals surface area contributed by atoms with Gasteiger partial charge in [0.1, 0.15) is 11.8 Å². The van der Waals surface area contributed by atoms with Crippen molar-refractivity contribution < 1.29 is 0 Å². The van der Waals surface area contributed by atoms with Crippen LogP contribution in [0, 0.1) is 17.9 Å². The van der Waals surface area contributed by atoms with Gasteiger partial charge in [-0.15, -0.1) is 4.98 Å². The molecule has 0 saturated heterocycles. The van der Waals surface area contributed by atoms with E-state index in [1.165, 1.54) is 43.1 Å². The molecule has 6 heteroatoms. The molecule has 0 aliphatic heterocycles. The Balaban J connectivity index is 1.06. The molecular weight excluding hydrogens is 685 g/mol. The number of nitrogens with zero attached hydrogens (tertiary/aromatic N) is 6. The lowest BCUT2D eigenvalue weighted by Gasteiger charge is -2.13. The third-order valence-electron chi connectivity index (χ3n) is 11.0. The van der Waals surface area contributed by atoms with E-state index in [0.717, 1.165) is 44.6 Å². The van der Waals surface area contributed by atoms with Crippen LogP contribution in [-0.2, 0) is 0 Å². The van der Waals surface area contributed by atoms with E-state index < -0.39 is 0 Å². The van der Waals surface area contributed by atoms with Gasteiger partial charge in [-0.3, -0.25) is 0 Å². The van der Waals surface area contributed by atoms with E-state index in [-0.39, 0.29) is 11.5 Å². The van der Waals surface area contributed by atoms with E-state index in [2.05, 4.69) is 166 Å². The van der Waals surface area contributed by atoms with Crippen molar-refractivity contribution in [3.63, 3.8) is 0 Å². The number of rotatable bonds is 4. The molecule has 0 saturated carbocycles. The van der Waals surface area contributed by atoms with Crippen molar-refractivity contribution >= 4 is 71.0 Å². The Morgan fingerprint density at radius 1 is 0.446 bits per heavy atom. The first-order valence-electron chi connectivity index (χ1n) is 18.4. The predicted molar refractivity (Wildman–Crippen MR) is 228 cm³/mol. The second-order valence-corrected chi connectivity index (χ2v) is 14.0. The van der Waals surface area contributed by atoms with Gasteiger partial charge in [0.25, 0.3) is 0 Å². The van der Waals surface area contributed by atoms with Gasteiger partial charge in [0.15, 0.2) is 11.4 Å². The molecule has 11 rings (SSSR count). The van der Waals surface area contributed by atoms with E-state index in [4.69, 9.17) is 16.5 Å². The molecule has 3 aromatic heterocycles. The van der Waals surface area contributed by atoms with Gasteiger partial charge in [0.05, 0.1) is 22.1 Å². The average Bonchev–Trinajstić information content (AvgIpc) is 3.80. The first-order chi connectivity index (χ1) is 27.7. The fourth-order valence-corrected chi connectivity index (χ4v) is 8.52. The van der Waals surface area contributed by atoms with Crippen molar-refractivity contribution in [1.82, 2.24) is 19.1 Å². The Bertz CT molecular complexity index is 3250. The normalized spacial score (nSPS) is 11.5. The van der Waals surface area contributed by atoms with Crippen LogP contribution in [0.1, 0.15) is 5.69 Å². The third-order valence-corrected chi connectivity index (χ3v) is 11.0. The second kappa shape index (κ2) is 12.2. The summed E-state index contributed by atoms with van der Waals surface area (Å²) in [7, 11) is 0. The Hall–Kier alpha value is -8.06. The molecule has 0 N–H and O–H groups in total. The molecule has 0 spiro atoms. The van der Waals surface area contributed by atoms with Crippen LogP contribution >= 0.6 is 0 Å². The first kappa shape index (κ1) is 31.5. The number of hydrogen-bond donors (Lipinski definition) is 0. The summed E-state index contributed by atoms with van der Waals surface area (Å²) >= 11 is 0. The van der Waals surface area contributed by atoms with Crippen LogP contribution in [0.2, 0.25) is 0 Å². The summed E-state index contributed by atoms with van der Waals surface area (Å²) < 4.78 is 4.64. The molecule has 0 atom stereocenters. The summed E-state index contributed by atoms with van der Waals surface area (Å²) in [6.45, 7) is 7.83. The average molecular weight is 713 g/mol. The van der Waals surface area contributed by atoms with Crippen LogP contribution in [0.4, 0.5) is 5.82 Å². The maximum Gasteiger partial charge on any atom is 0.307 e. The highest BCUT2D eigenvalue weighted by Crippen LogP contribution is 2.40. The zero-order valence-electron chi connectivity index (χ0n) is 29.8. The zero-order valence-corrected chi connectivity index (χ0v) is 29.8. The van der Waals surface area contributed by atoms with Crippen LogP contribution in [-0.4, -0.2) is 19.1 Å². The Labute approximate surface area is 321 Å². The summed E-state index contributed by atoms with van der Waals surface area (Å²) in [5.74, 6) is -0.0158. The van der Waals surface area contributed by atoms with E-state index in [1.54, 1.807) is 0 Å². The second-order valence-electron chi connectivity index (χ2n) is 14.0.